The Labute approximate surface area is 472 Å². The Hall–Kier alpha value is -3.72. The molecule has 0 aromatic carbocycles. The first-order valence-corrected chi connectivity index (χ1v) is 27.6. The molecule has 0 aromatic rings. The predicted molar refractivity (Wildman–Crippen MR) is 288 cm³/mol. The molecule has 25 heteroatoms. The Kier molecular flexibility index (Phi) is 29.0. The topological polar surface area (TPSA) is 428 Å². The van der Waals surface area contributed by atoms with Gasteiger partial charge >= 0.3 is 5.97 Å². The van der Waals surface area contributed by atoms with Crippen LogP contribution < -0.4 is 10.6 Å². The van der Waals surface area contributed by atoms with Crippen molar-refractivity contribution in [1.29, 1.82) is 0 Å². The number of carbonyl (C=O) groups excluding carboxylic acids is 2. The molecule has 4 rings (SSSR count). The molecule has 462 valence electrons. The summed E-state index contributed by atoms with van der Waals surface area (Å²) in [6, 6.07) is -1.38. The monoisotopic (exact) mass is 1160 g/mol. The van der Waals surface area contributed by atoms with Gasteiger partial charge in [-0.25, -0.2) is 0 Å². The molecule has 0 aromatic heterocycles. The fourth-order valence-electron chi connectivity index (χ4n) is 9.91. The van der Waals surface area contributed by atoms with Crippen LogP contribution in [-0.2, 0) is 33.3 Å². The van der Waals surface area contributed by atoms with Crippen molar-refractivity contribution >= 4 is 11.9 Å². The number of esters is 1. The highest BCUT2D eigenvalue weighted by molar-refractivity contribution is 5.80. The van der Waals surface area contributed by atoms with Crippen molar-refractivity contribution in [1.82, 2.24) is 10.6 Å². The van der Waals surface area contributed by atoms with Gasteiger partial charge in [0.25, 0.3) is 0 Å². The fraction of sp³-hybridized carbons (Fsp3) is 0.714. The molecule has 3 fully saturated rings. The third-order valence-corrected chi connectivity index (χ3v) is 15.0. The molecule has 4 heterocycles. The lowest BCUT2D eigenvalue weighted by Gasteiger charge is -2.47. The molecule has 3 saturated heterocycles. The molecule has 0 spiro atoms. The summed E-state index contributed by atoms with van der Waals surface area (Å²) in [6.45, 7) is 4.17. The van der Waals surface area contributed by atoms with E-state index >= 15 is 0 Å². The Bertz CT molecular complexity index is 2110. The molecular weight excluding hydrogens is 1070 g/mol. The third-order valence-electron chi connectivity index (χ3n) is 15.0. The van der Waals surface area contributed by atoms with E-state index in [1.54, 1.807) is 86.8 Å². The van der Waals surface area contributed by atoms with Crippen LogP contribution >= 0.6 is 0 Å². The molecule has 81 heavy (non-hydrogen) atoms. The van der Waals surface area contributed by atoms with E-state index < -0.39 is 210 Å². The van der Waals surface area contributed by atoms with Gasteiger partial charge in [0.05, 0.1) is 111 Å². The average Bonchev–Trinajstić information content (AvgIpc) is 3.41. The van der Waals surface area contributed by atoms with Crippen molar-refractivity contribution < 1.29 is 115 Å². The predicted octanol–water partition coefficient (Wildman–Crippen LogP) is -3.47. The summed E-state index contributed by atoms with van der Waals surface area (Å²) in [5.74, 6) is -8.93. The smallest absolute Gasteiger partial charge is 0.308 e. The van der Waals surface area contributed by atoms with Crippen LogP contribution in [0.15, 0.2) is 85.1 Å². The molecule has 0 aliphatic carbocycles. The Morgan fingerprint density at radius 2 is 1.28 bits per heavy atom. The number of aliphatic hydroxyl groups is 16. The maximum atomic E-state index is 13.8. The summed E-state index contributed by atoms with van der Waals surface area (Å²) in [7, 11) is 0. The van der Waals surface area contributed by atoms with Gasteiger partial charge in [0, 0.05) is 44.1 Å². The van der Waals surface area contributed by atoms with Crippen molar-refractivity contribution in [2.45, 2.75) is 207 Å². The minimum absolute atomic E-state index is 0.156. The molecule has 24 atom stereocenters. The SMILES string of the molecule is C[C@@H]1[C@H](O)[C@@H](C)C=CC=CC=CC=CC=CC=CC=C[C@H](OC2O[C@H](C)[C@@H](O)[C@H](NC[C@@]3(O)OC[C@@H](O)[C@H](O)[C@@H]3O)[C@@H]2O)CC2O[C@](O)(C[C@@H](O)C[C@@H](O)[C@H](O)CC[C@@H](O)C[C@@H](O)CC(=O)O[C@H]1C)C[C@H](O)C2C(=O)NCC(O)CO. The van der Waals surface area contributed by atoms with Gasteiger partial charge in [0.1, 0.15) is 30.5 Å². The number of amides is 1. The van der Waals surface area contributed by atoms with Gasteiger partial charge in [0.2, 0.25) is 11.7 Å². The highest BCUT2D eigenvalue weighted by Crippen LogP contribution is 2.38. The second-order valence-corrected chi connectivity index (χ2v) is 21.8. The molecular formula is C56H90N2O23. The van der Waals surface area contributed by atoms with Crippen molar-refractivity contribution in [3.8, 4) is 0 Å². The van der Waals surface area contributed by atoms with E-state index in [0.29, 0.717) is 0 Å². The molecule has 4 unspecified atom stereocenters. The zero-order valence-electron chi connectivity index (χ0n) is 46.3. The molecule has 0 radical (unpaired) electrons. The van der Waals surface area contributed by atoms with Crippen LogP contribution in [0, 0.1) is 17.8 Å². The van der Waals surface area contributed by atoms with Gasteiger partial charge in [-0.3, -0.25) is 9.59 Å². The summed E-state index contributed by atoms with van der Waals surface area (Å²) in [5.41, 5.74) is 0. The maximum absolute atomic E-state index is 13.8. The standard InChI is InChI=1S/C56H90N2O23/c1-31-17-15-13-11-9-7-5-6-8-10-12-14-16-18-39(80-54-51(72)47(49(70)34(4)79-54)58-30-56(76)52(73)50(71)43(67)29-77-56)24-44-46(53(74)57-27-38(63)28-59)42(66)26-55(75,81-44)25-37(62)22-41(65)40(64)20-19-35(60)21-36(61)23-45(68)78-33(3)32(2)48(31)69/h5-18,31-44,46-52,54,58-67,69-73,75-76H,19-30H2,1-4H3,(H,57,74)/t31-,32-,33-,34+,35+,36+,37-,38?,39-,40+,41+,42-,43+,44?,46?,47-,48+,49+,50-,51-,52-,54?,55+,56+/m0/s1. The molecule has 18 N–H and O–H groups in total. The van der Waals surface area contributed by atoms with E-state index in [-0.39, 0.29) is 25.2 Å². The van der Waals surface area contributed by atoms with Gasteiger partial charge < -0.3 is 116 Å². The van der Waals surface area contributed by atoms with Gasteiger partial charge in [-0.2, -0.15) is 0 Å². The quantitative estimate of drug-likeness (QED) is 0.0998. The van der Waals surface area contributed by atoms with E-state index in [9.17, 15) is 91.3 Å². The lowest BCUT2D eigenvalue weighted by Crippen LogP contribution is -2.69. The van der Waals surface area contributed by atoms with Crippen molar-refractivity contribution in [2.75, 3.05) is 26.3 Å². The van der Waals surface area contributed by atoms with Crippen LogP contribution in [0.1, 0.15) is 79.1 Å². The van der Waals surface area contributed by atoms with Gasteiger partial charge in [-0.05, 0) is 33.1 Å². The molecule has 1 amide bonds. The zero-order chi connectivity index (χ0) is 60.2. The van der Waals surface area contributed by atoms with E-state index in [1.165, 1.54) is 19.1 Å². The number of allylic oxidation sites excluding steroid dienone is 12. The minimum Gasteiger partial charge on any atom is -0.462 e. The first-order valence-electron chi connectivity index (χ1n) is 27.6. The van der Waals surface area contributed by atoms with E-state index in [2.05, 4.69) is 10.6 Å². The number of hydrogen-bond acceptors (Lipinski definition) is 24. The summed E-state index contributed by atoms with van der Waals surface area (Å²) in [6.07, 6.45) is -6.03. The molecule has 0 saturated carbocycles. The number of carbonyl (C=O) groups is 2. The number of ether oxygens (including phenoxy) is 5. The van der Waals surface area contributed by atoms with Crippen LogP contribution in [0.5, 0.6) is 0 Å². The summed E-state index contributed by atoms with van der Waals surface area (Å²) < 4.78 is 29.1. The molecule has 4 aliphatic rings. The summed E-state index contributed by atoms with van der Waals surface area (Å²) in [4.78, 5) is 26.6. The van der Waals surface area contributed by atoms with Crippen LogP contribution in [0.4, 0.5) is 0 Å². The minimum atomic E-state index is -2.49. The molecule has 25 nitrogen and oxygen atoms in total. The van der Waals surface area contributed by atoms with E-state index in [0.717, 1.165) is 0 Å². The number of hydrogen-bond donors (Lipinski definition) is 18. The Morgan fingerprint density at radius 1 is 0.679 bits per heavy atom. The highest BCUT2D eigenvalue weighted by atomic mass is 16.7. The largest absolute Gasteiger partial charge is 0.462 e. The summed E-state index contributed by atoms with van der Waals surface area (Å²) >= 11 is 0. The number of rotatable bonds is 9. The lowest BCUT2D eigenvalue weighted by atomic mass is 9.82. The van der Waals surface area contributed by atoms with Crippen molar-refractivity contribution in [2.24, 2.45) is 17.8 Å². The zero-order valence-corrected chi connectivity index (χ0v) is 46.3. The van der Waals surface area contributed by atoms with Crippen LogP contribution in [0.25, 0.3) is 0 Å². The third kappa shape index (κ3) is 22.0. The van der Waals surface area contributed by atoms with Crippen LogP contribution in [0.2, 0.25) is 0 Å². The second kappa shape index (κ2) is 33.7. The number of nitrogens with one attached hydrogen (secondary N) is 2. The Balaban J connectivity index is 1.65. The second-order valence-electron chi connectivity index (χ2n) is 21.8. The maximum Gasteiger partial charge on any atom is 0.308 e. The first kappa shape index (κ1) is 69.8. The Morgan fingerprint density at radius 3 is 1.90 bits per heavy atom. The van der Waals surface area contributed by atoms with Crippen molar-refractivity contribution in [3.63, 3.8) is 0 Å². The number of fused-ring (bicyclic) bond motifs is 2. The fourth-order valence-corrected chi connectivity index (χ4v) is 9.91. The van der Waals surface area contributed by atoms with Crippen LogP contribution in [-0.4, -0.2) is 248 Å². The summed E-state index contributed by atoms with van der Waals surface area (Å²) in [5, 5.41) is 178. The van der Waals surface area contributed by atoms with E-state index in [4.69, 9.17) is 23.7 Å². The van der Waals surface area contributed by atoms with Crippen molar-refractivity contribution in [3.05, 3.63) is 85.1 Å². The van der Waals surface area contributed by atoms with E-state index in [1.807, 2.05) is 6.92 Å². The average molecular weight is 1160 g/mol. The van der Waals surface area contributed by atoms with Crippen LogP contribution in [0.3, 0.4) is 0 Å². The normalized spacial score (nSPS) is 42.2. The molecule has 2 bridgehead atoms. The lowest BCUT2D eigenvalue weighted by molar-refractivity contribution is -0.323. The van der Waals surface area contributed by atoms with Gasteiger partial charge in [-0.1, -0.05) is 98.9 Å². The van der Waals surface area contributed by atoms with Gasteiger partial charge in [0.15, 0.2) is 12.1 Å². The molecule has 4 aliphatic heterocycles. The number of aliphatic hydroxyl groups excluding tert-OH is 14. The van der Waals surface area contributed by atoms with Gasteiger partial charge in [-0.15, -0.1) is 0 Å². The number of cyclic esters (lactones) is 1. The highest BCUT2D eigenvalue weighted by Gasteiger charge is 2.53. The first-order chi connectivity index (χ1) is 38.2.